The number of carbonyl (C=O) groups excluding carboxylic acids is 2. The average molecular weight is 193 g/mol. The van der Waals surface area contributed by atoms with Crippen molar-refractivity contribution in [2.24, 2.45) is 0 Å². The van der Waals surface area contributed by atoms with Crippen LogP contribution in [0.1, 0.15) is 12.5 Å². The van der Waals surface area contributed by atoms with Crippen LogP contribution in [0.5, 0.6) is 0 Å². The van der Waals surface area contributed by atoms with E-state index in [1.54, 1.807) is 0 Å². The molecule has 74 valence electrons. The van der Waals surface area contributed by atoms with Gasteiger partial charge in [-0.2, -0.15) is 0 Å². The number of esters is 1. The summed E-state index contributed by atoms with van der Waals surface area (Å²) < 4.78 is 4.28. The molecule has 1 aromatic rings. The molecule has 4 nitrogen and oxygen atoms in total. The highest BCUT2D eigenvalue weighted by molar-refractivity contribution is 5.82. The summed E-state index contributed by atoms with van der Waals surface area (Å²) in [5.41, 5.74) is 0.952. The molecule has 0 saturated carbocycles. The minimum atomic E-state index is -0.721. The van der Waals surface area contributed by atoms with Gasteiger partial charge < -0.3 is 10.1 Å². The molecule has 0 fully saturated rings. The molecule has 1 aromatic carbocycles. The first-order valence-electron chi connectivity index (χ1n) is 4.18. The molecule has 0 spiro atoms. The molecular weight excluding hydrogens is 182 g/mol. The normalized spacial score (nSPS) is 9.21. The lowest BCUT2D eigenvalue weighted by Crippen LogP contribution is -2.25. The van der Waals surface area contributed by atoms with Gasteiger partial charge in [-0.15, -0.1) is 0 Å². The zero-order chi connectivity index (χ0) is 10.4. The number of nitrogens with one attached hydrogen (secondary N) is 1. The van der Waals surface area contributed by atoms with Gasteiger partial charge in [0.1, 0.15) is 0 Å². The first-order valence-corrected chi connectivity index (χ1v) is 4.18. The summed E-state index contributed by atoms with van der Waals surface area (Å²) in [6, 6.07) is 9.36. The summed E-state index contributed by atoms with van der Waals surface area (Å²) in [5.74, 6) is -0.615. The van der Waals surface area contributed by atoms with E-state index in [0.29, 0.717) is 6.54 Å². The van der Waals surface area contributed by atoms with E-state index in [9.17, 15) is 9.59 Å². The summed E-state index contributed by atoms with van der Waals surface area (Å²) >= 11 is 0. The number of amides is 1. The Morgan fingerprint density at radius 2 is 1.93 bits per heavy atom. The van der Waals surface area contributed by atoms with Crippen molar-refractivity contribution in [1.29, 1.82) is 0 Å². The van der Waals surface area contributed by atoms with Crippen LogP contribution in [0.3, 0.4) is 0 Å². The van der Waals surface area contributed by atoms with E-state index in [4.69, 9.17) is 0 Å². The SMILES string of the molecule is CC(=O)OC(=O)NCc1ccccc1. The predicted octanol–water partition coefficient (Wildman–Crippen LogP) is 1.46. The third-order valence-corrected chi connectivity index (χ3v) is 1.52. The minimum absolute atomic E-state index is 0.354. The number of ether oxygens (including phenoxy) is 1. The van der Waals surface area contributed by atoms with Crippen molar-refractivity contribution in [1.82, 2.24) is 5.32 Å². The monoisotopic (exact) mass is 193 g/mol. The second kappa shape index (κ2) is 5.01. The van der Waals surface area contributed by atoms with Gasteiger partial charge in [-0.05, 0) is 5.56 Å². The molecule has 1 N–H and O–H groups in total. The average Bonchev–Trinajstić information content (AvgIpc) is 2.15. The van der Waals surface area contributed by atoms with Gasteiger partial charge in [-0.1, -0.05) is 30.3 Å². The van der Waals surface area contributed by atoms with Crippen molar-refractivity contribution in [2.75, 3.05) is 0 Å². The van der Waals surface area contributed by atoms with Gasteiger partial charge in [0.25, 0.3) is 0 Å². The molecule has 1 amide bonds. The fourth-order valence-electron chi connectivity index (χ4n) is 0.937. The predicted molar refractivity (Wildman–Crippen MR) is 50.4 cm³/mol. The number of hydrogen-bond acceptors (Lipinski definition) is 3. The second-order valence-corrected chi connectivity index (χ2v) is 2.72. The number of benzene rings is 1. The molecular formula is C10H11NO3. The van der Waals surface area contributed by atoms with Crippen molar-refractivity contribution >= 4 is 12.1 Å². The van der Waals surface area contributed by atoms with Crippen molar-refractivity contribution in [3.63, 3.8) is 0 Å². The number of hydrogen-bond donors (Lipinski definition) is 1. The van der Waals surface area contributed by atoms with E-state index in [1.165, 1.54) is 6.92 Å². The van der Waals surface area contributed by atoms with Gasteiger partial charge in [0.05, 0.1) is 0 Å². The molecule has 0 saturated heterocycles. The lowest BCUT2D eigenvalue weighted by Gasteiger charge is -2.03. The fraction of sp³-hybridized carbons (Fsp3) is 0.200. The summed E-state index contributed by atoms with van der Waals surface area (Å²) in [7, 11) is 0. The quantitative estimate of drug-likeness (QED) is 0.571. The highest BCUT2D eigenvalue weighted by Crippen LogP contribution is 1.97. The van der Waals surface area contributed by atoms with E-state index >= 15 is 0 Å². The molecule has 0 aromatic heterocycles. The van der Waals surface area contributed by atoms with Gasteiger partial charge in [-0.25, -0.2) is 4.79 Å². The Morgan fingerprint density at radius 1 is 1.29 bits per heavy atom. The summed E-state index contributed by atoms with van der Waals surface area (Å²) in [6.07, 6.45) is -0.721. The lowest BCUT2D eigenvalue weighted by atomic mass is 10.2. The maximum absolute atomic E-state index is 10.9. The van der Waals surface area contributed by atoms with Crippen molar-refractivity contribution in [2.45, 2.75) is 13.5 Å². The highest BCUT2D eigenvalue weighted by Gasteiger charge is 2.03. The van der Waals surface area contributed by atoms with Crippen LogP contribution in [-0.2, 0) is 16.1 Å². The molecule has 4 heteroatoms. The molecule has 0 heterocycles. The highest BCUT2D eigenvalue weighted by atomic mass is 16.6. The van der Waals surface area contributed by atoms with Crippen LogP contribution < -0.4 is 5.32 Å². The van der Waals surface area contributed by atoms with E-state index in [-0.39, 0.29) is 0 Å². The third-order valence-electron chi connectivity index (χ3n) is 1.52. The lowest BCUT2D eigenvalue weighted by molar-refractivity contribution is -0.134. The van der Waals surface area contributed by atoms with Crippen LogP contribution in [0.25, 0.3) is 0 Å². The maximum Gasteiger partial charge on any atom is 0.415 e. The molecule has 1 rings (SSSR count). The first kappa shape index (κ1) is 10.2. The van der Waals surface area contributed by atoms with Crippen LogP contribution in [-0.4, -0.2) is 12.1 Å². The molecule has 0 radical (unpaired) electrons. The number of carbonyl (C=O) groups is 2. The van der Waals surface area contributed by atoms with Crippen LogP contribution >= 0.6 is 0 Å². The zero-order valence-corrected chi connectivity index (χ0v) is 7.82. The van der Waals surface area contributed by atoms with Crippen LogP contribution in [0.2, 0.25) is 0 Å². The molecule has 0 aliphatic carbocycles. The summed E-state index contributed by atoms with van der Waals surface area (Å²) in [5, 5.41) is 2.45. The second-order valence-electron chi connectivity index (χ2n) is 2.72. The smallest absolute Gasteiger partial charge is 0.377 e. The van der Waals surface area contributed by atoms with Crippen LogP contribution in [0.4, 0.5) is 4.79 Å². The van der Waals surface area contributed by atoms with Crippen molar-refractivity contribution in [3.05, 3.63) is 35.9 Å². The van der Waals surface area contributed by atoms with E-state index in [1.807, 2.05) is 30.3 Å². The van der Waals surface area contributed by atoms with Crippen molar-refractivity contribution in [3.8, 4) is 0 Å². The van der Waals surface area contributed by atoms with Crippen LogP contribution in [0.15, 0.2) is 30.3 Å². The number of alkyl carbamates (subject to hydrolysis) is 1. The standard InChI is InChI=1S/C10H11NO3/c1-8(12)14-10(13)11-7-9-5-3-2-4-6-9/h2-6H,7H2,1H3,(H,11,13). The van der Waals surface area contributed by atoms with E-state index in [2.05, 4.69) is 10.1 Å². The molecule has 0 aliphatic rings. The van der Waals surface area contributed by atoms with Gasteiger partial charge >= 0.3 is 12.1 Å². The Bertz CT molecular complexity index is 321. The summed E-state index contributed by atoms with van der Waals surface area (Å²) in [4.78, 5) is 21.3. The van der Waals surface area contributed by atoms with Crippen molar-refractivity contribution < 1.29 is 14.3 Å². The Hall–Kier alpha value is -1.84. The molecule has 0 atom stereocenters. The third kappa shape index (κ3) is 3.71. The molecule has 0 unspecified atom stereocenters. The minimum Gasteiger partial charge on any atom is -0.377 e. The fourth-order valence-corrected chi connectivity index (χ4v) is 0.937. The topological polar surface area (TPSA) is 55.4 Å². The van der Waals surface area contributed by atoms with Gasteiger partial charge in [0, 0.05) is 13.5 Å². The Morgan fingerprint density at radius 3 is 2.50 bits per heavy atom. The Balaban J connectivity index is 2.34. The maximum atomic E-state index is 10.9. The molecule has 14 heavy (non-hydrogen) atoms. The largest absolute Gasteiger partial charge is 0.415 e. The molecule has 0 aliphatic heterocycles. The van der Waals surface area contributed by atoms with E-state index < -0.39 is 12.1 Å². The molecule has 0 bridgehead atoms. The van der Waals surface area contributed by atoms with Gasteiger partial charge in [0.2, 0.25) is 0 Å². The summed E-state index contributed by atoms with van der Waals surface area (Å²) in [6.45, 7) is 1.54. The van der Waals surface area contributed by atoms with Crippen LogP contribution in [0, 0.1) is 0 Å². The number of rotatable bonds is 2. The zero-order valence-electron chi connectivity index (χ0n) is 7.82. The van der Waals surface area contributed by atoms with E-state index in [0.717, 1.165) is 5.56 Å². The van der Waals surface area contributed by atoms with Gasteiger partial charge in [0.15, 0.2) is 0 Å². The first-order chi connectivity index (χ1) is 6.68. The van der Waals surface area contributed by atoms with Gasteiger partial charge in [-0.3, -0.25) is 4.79 Å². The Kier molecular flexibility index (Phi) is 3.67. The Labute approximate surface area is 81.9 Å².